The van der Waals surface area contributed by atoms with Gasteiger partial charge in [0.2, 0.25) is 0 Å². The minimum absolute atomic E-state index is 0.307. The molecular weight excluding hydrogens is 276 g/mol. The van der Waals surface area contributed by atoms with Crippen molar-refractivity contribution < 1.29 is 14.6 Å². The van der Waals surface area contributed by atoms with Crippen LogP contribution in [-0.4, -0.2) is 17.2 Å². The average molecular weight is 298 g/mol. The highest BCUT2D eigenvalue weighted by atomic mass is 16.5. The predicted molar refractivity (Wildman–Crippen MR) is 87.0 cm³/mol. The molecule has 1 atom stereocenters. The van der Waals surface area contributed by atoms with E-state index in [1.54, 1.807) is 0 Å². The van der Waals surface area contributed by atoms with Crippen LogP contribution in [0.4, 0.5) is 0 Å². The lowest BCUT2D eigenvalue weighted by molar-refractivity contribution is -0.151. The lowest BCUT2D eigenvalue weighted by atomic mass is 9.95. The van der Waals surface area contributed by atoms with E-state index in [1.165, 1.54) is 5.56 Å². The van der Waals surface area contributed by atoms with Gasteiger partial charge < -0.3 is 9.84 Å². The Bertz CT molecular complexity index is 624. The molecule has 0 saturated heterocycles. The lowest BCUT2D eigenvalue weighted by Crippen LogP contribution is -2.27. The first kappa shape index (κ1) is 16.2. The molecule has 2 aromatic carbocycles. The highest BCUT2D eigenvalue weighted by molar-refractivity contribution is 5.73. The van der Waals surface area contributed by atoms with Crippen molar-refractivity contribution in [3.63, 3.8) is 0 Å². The summed E-state index contributed by atoms with van der Waals surface area (Å²) in [5, 5.41) is 9.42. The molecular formula is C19H22O3. The molecule has 116 valence electrons. The summed E-state index contributed by atoms with van der Waals surface area (Å²) in [5.41, 5.74) is 5.46. The third-order valence-electron chi connectivity index (χ3n) is 3.80. The number of rotatable bonds is 6. The molecule has 0 aliphatic heterocycles. The van der Waals surface area contributed by atoms with E-state index in [0.717, 1.165) is 22.3 Å². The number of carboxylic acids is 1. The number of benzene rings is 2. The number of aryl methyl sites for hydroxylation is 3. The van der Waals surface area contributed by atoms with Crippen molar-refractivity contribution in [2.24, 2.45) is 0 Å². The van der Waals surface area contributed by atoms with E-state index in [1.807, 2.05) is 51.1 Å². The third-order valence-corrected chi connectivity index (χ3v) is 3.80. The van der Waals surface area contributed by atoms with Gasteiger partial charge in [-0.25, -0.2) is 4.79 Å². The molecule has 0 spiro atoms. The lowest BCUT2D eigenvalue weighted by Gasteiger charge is -2.17. The topological polar surface area (TPSA) is 46.5 Å². The van der Waals surface area contributed by atoms with Gasteiger partial charge in [0.15, 0.2) is 6.10 Å². The molecule has 0 aliphatic carbocycles. The first-order valence-electron chi connectivity index (χ1n) is 7.42. The number of carbonyl (C=O) groups is 1. The van der Waals surface area contributed by atoms with Crippen molar-refractivity contribution >= 4 is 5.97 Å². The second-order valence-corrected chi connectivity index (χ2v) is 5.70. The number of carboxylic acid groups (broad SMARTS) is 1. The zero-order valence-electron chi connectivity index (χ0n) is 13.3. The molecule has 1 N–H and O–H groups in total. The average Bonchev–Trinajstić information content (AvgIpc) is 2.46. The Kier molecular flexibility index (Phi) is 5.34. The van der Waals surface area contributed by atoms with E-state index in [4.69, 9.17) is 4.74 Å². The van der Waals surface area contributed by atoms with E-state index in [9.17, 15) is 9.90 Å². The summed E-state index contributed by atoms with van der Waals surface area (Å²) in [4.78, 5) is 11.5. The van der Waals surface area contributed by atoms with Gasteiger partial charge in [-0.15, -0.1) is 0 Å². The van der Waals surface area contributed by atoms with Crippen LogP contribution in [0.1, 0.15) is 27.8 Å². The van der Waals surface area contributed by atoms with Crippen LogP contribution in [0.2, 0.25) is 0 Å². The SMILES string of the molecule is Cc1cc(C)c(CC(OCc2ccccc2)C(=O)O)c(C)c1. The zero-order valence-corrected chi connectivity index (χ0v) is 13.3. The van der Waals surface area contributed by atoms with Crippen LogP contribution >= 0.6 is 0 Å². The Labute approximate surface area is 131 Å². The van der Waals surface area contributed by atoms with Gasteiger partial charge in [0.1, 0.15) is 0 Å². The summed E-state index contributed by atoms with van der Waals surface area (Å²) in [7, 11) is 0. The number of hydrogen-bond acceptors (Lipinski definition) is 2. The van der Waals surface area contributed by atoms with Gasteiger partial charge in [-0.3, -0.25) is 0 Å². The fraction of sp³-hybridized carbons (Fsp3) is 0.316. The number of ether oxygens (including phenoxy) is 1. The van der Waals surface area contributed by atoms with Crippen molar-refractivity contribution in [3.8, 4) is 0 Å². The van der Waals surface area contributed by atoms with E-state index < -0.39 is 12.1 Å². The molecule has 3 nitrogen and oxygen atoms in total. The largest absolute Gasteiger partial charge is 0.479 e. The quantitative estimate of drug-likeness (QED) is 0.881. The van der Waals surface area contributed by atoms with E-state index in [2.05, 4.69) is 12.1 Å². The van der Waals surface area contributed by atoms with Crippen LogP contribution in [-0.2, 0) is 22.6 Å². The van der Waals surface area contributed by atoms with Gasteiger partial charge in [-0.2, -0.15) is 0 Å². The number of hydrogen-bond donors (Lipinski definition) is 1. The van der Waals surface area contributed by atoms with Crippen LogP contribution < -0.4 is 0 Å². The second-order valence-electron chi connectivity index (χ2n) is 5.70. The van der Waals surface area contributed by atoms with E-state index in [0.29, 0.717) is 13.0 Å². The first-order chi connectivity index (χ1) is 10.5. The Hall–Kier alpha value is -2.13. The molecule has 2 rings (SSSR count). The smallest absolute Gasteiger partial charge is 0.333 e. The monoisotopic (exact) mass is 298 g/mol. The molecule has 1 unspecified atom stereocenters. The van der Waals surface area contributed by atoms with Gasteiger partial charge in [-0.1, -0.05) is 48.0 Å². The molecule has 0 amide bonds. The van der Waals surface area contributed by atoms with Gasteiger partial charge in [-0.05, 0) is 43.0 Å². The maximum absolute atomic E-state index is 11.5. The minimum Gasteiger partial charge on any atom is -0.479 e. The Morgan fingerprint density at radius 1 is 1.09 bits per heavy atom. The van der Waals surface area contributed by atoms with Crippen LogP contribution in [0.15, 0.2) is 42.5 Å². The molecule has 0 aromatic heterocycles. The van der Waals surface area contributed by atoms with Crippen LogP contribution in [0.25, 0.3) is 0 Å². The van der Waals surface area contributed by atoms with Gasteiger partial charge >= 0.3 is 5.97 Å². The molecule has 0 heterocycles. The maximum atomic E-state index is 11.5. The summed E-state index contributed by atoms with van der Waals surface area (Å²) in [6, 6.07) is 13.8. The van der Waals surface area contributed by atoms with E-state index >= 15 is 0 Å². The Morgan fingerprint density at radius 2 is 1.68 bits per heavy atom. The highest BCUT2D eigenvalue weighted by Gasteiger charge is 2.21. The Balaban J connectivity index is 2.11. The molecule has 3 heteroatoms. The summed E-state index contributed by atoms with van der Waals surface area (Å²) < 4.78 is 5.63. The maximum Gasteiger partial charge on any atom is 0.333 e. The number of aliphatic carboxylic acids is 1. The van der Waals surface area contributed by atoms with Crippen LogP contribution in [0, 0.1) is 20.8 Å². The van der Waals surface area contributed by atoms with Gasteiger partial charge in [0.25, 0.3) is 0 Å². The summed E-state index contributed by atoms with van der Waals surface area (Å²) in [5.74, 6) is -0.921. The minimum atomic E-state index is -0.921. The Morgan fingerprint density at radius 3 is 2.23 bits per heavy atom. The van der Waals surface area contributed by atoms with Crippen LogP contribution in [0.5, 0.6) is 0 Å². The van der Waals surface area contributed by atoms with Crippen molar-refractivity contribution in [2.45, 2.75) is 39.9 Å². The normalized spacial score (nSPS) is 12.1. The fourth-order valence-corrected chi connectivity index (χ4v) is 2.71. The predicted octanol–water partition coefficient (Wildman–Crippen LogP) is 3.82. The van der Waals surface area contributed by atoms with Crippen LogP contribution in [0.3, 0.4) is 0 Å². The summed E-state index contributed by atoms with van der Waals surface area (Å²) in [6.45, 7) is 6.39. The standard InChI is InChI=1S/C19H22O3/c1-13-9-14(2)17(15(3)10-13)11-18(19(20)21)22-12-16-7-5-4-6-8-16/h4-10,18H,11-12H2,1-3H3,(H,20,21). The molecule has 2 aromatic rings. The molecule has 0 aliphatic rings. The molecule has 0 fully saturated rings. The van der Waals surface area contributed by atoms with Crippen molar-refractivity contribution in [1.29, 1.82) is 0 Å². The fourth-order valence-electron chi connectivity index (χ4n) is 2.71. The molecule has 0 saturated carbocycles. The summed E-state index contributed by atoms with van der Waals surface area (Å²) in [6.07, 6.45) is -0.444. The molecule has 0 bridgehead atoms. The molecule has 0 radical (unpaired) electrons. The molecule has 22 heavy (non-hydrogen) atoms. The van der Waals surface area contributed by atoms with Crippen molar-refractivity contribution in [3.05, 3.63) is 70.3 Å². The zero-order chi connectivity index (χ0) is 16.1. The van der Waals surface area contributed by atoms with Gasteiger partial charge in [0, 0.05) is 6.42 Å². The third kappa shape index (κ3) is 4.18. The van der Waals surface area contributed by atoms with Crippen molar-refractivity contribution in [1.82, 2.24) is 0 Å². The van der Waals surface area contributed by atoms with E-state index in [-0.39, 0.29) is 0 Å². The van der Waals surface area contributed by atoms with Crippen molar-refractivity contribution in [2.75, 3.05) is 0 Å². The summed E-state index contributed by atoms with van der Waals surface area (Å²) >= 11 is 0. The van der Waals surface area contributed by atoms with Gasteiger partial charge in [0.05, 0.1) is 6.61 Å². The highest BCUT2D eigenvalue weighted by Crippen LogP contribution is 2.19. The second kappa shape index (κ2) is 7.23. The first-order valence-corrected chi connectivity index (χ1v) is 7.42.